The van der Waals surface area contributed by atoms with Crippen molar-refractivity contribution in [1.29, 1.82) is 0 Å². The molecule has 0 saturated carbocycles. The summed E-state index contributed by atoms with van der Waals surface area (Å²) in [5.74, 6) is -0.957. The van der Waals surface area contributed by atoms with Crippen LogP contribution in [-0.2, 0) is 21.1 Å². The molecule has 0 aliphatic heterocycles. The van der Waals surface area contributed by atoms with E-state index in [9.17, 15) is 17.6 Å². The highest BCUT2D eigenvalue weighted by Crippen LogP contribution is 2.34. The van der Waals surface area contributed by atoms with E-state index in [0.29, 0.717) is 61.5 Å². The number of amides is 1. The molecule has 4 aromatic heterocycles. The van der Waals surface area contributed by atoms with Gasteiger partial charge in [-0.15, -0.1) is 0 Å². The van der Waals surface area contributed by atoms with Gasteiger partial charge in [-0.2, -0.15) is 5.10 Å². The number of nitrogens with zero attached hydrogens (tertiary/aromatic N) is 4. The molecule has 2 aromatic carbocycles. The number of sulfone groups is 1. The van der Waals surface area contributed by atoms with Crippen molar-refractivity contribution in [2.24, 2.45) is 5.41 Å². The highest BCUT2D eigenvalue weighted by molar-refractivity contribution is 7.90. The molecule has 3 N–H and O–H groups in total. The van der Waals surface area contributed by atoms with E-state index < -0.39 is 26.9 Å². The highest BCUT2D eigenvalue weighted by atomic mass is 32.2. The number of benzene rings is 2. The number of hydrogen-bond acceptors (Lipinski definition) is 7. The topological polar surface area (TPSA) is 146 Å². The summed E-state index contributed by atoms with van der Waals surface area (Å²) in [5.41, 5.74) is 3.84. The lowest BCUT2D eigenvalue weighted by molar-refractivity contribution is -0.123. The number of imidazole rings is 1. The summed E-state index contributed by atoms with van der Waals surface area (Å²) >= 11 is 0. The van der Waals surface area contributed by atoms with Crippen molar-refractivity contribution in [1.82, 2.24) is 30.1 Å². The summed E-state index contributed by atoms with van der Waals surface area (Å²) in [6.45, 7) is 5.38. The lowest BCUT2D eigenvalue weighted by Crippen LogP contribution is -2.27. The fraction of sp³-hybridized carbons (Fsp3) is 0.219. The molecule has 1 amide bonds. The fourth-order valence-corrected chi connectivity index (χ4v) is 5.51. The Morgan fingerprint density at radius 2 is 1.78 bits per heavy atom. The van der Waals surface area contributed by atoms with Gasteiger partial charge in [0.1, 0.15) is 32.7 Å². The number of nitrogens with one attached hydrogen (secondary N) is 3. The Labute approximate surface area is 257 Å². The number of pyridine rings is 2. The maximum absolute atomic E-state index is 15.3. The van der Waals surface area contributed by atoms with Gasteiger partial charge in [-0.3, -0.25) is 19.9 Å². The highest BCUT2D eigenvalue weighted by Gasteiger charge is 2.22. The Bertz CT molecular complexity index is 2220. The summed E-state index contributed by atoms with van der Waals surface area (Å²) in [7, 11) is -3.23. The molecule has 13 heteroatoms. The zero-order chi connectivity index (χ0) is 32.1. The number of aromatic nitrogens is 6. The Morgan fingerprint density at radius 1 is 0.978 bits per heavy atom. The molecule has 0 saturated heterocycles. The van der Waals surface area contributed by atoms with E-state index in [1.165, 1.54) is 30.6 Å². The molecule has 10 nitrogen and oxygen atoms in total. The third-order valence-corrected chi connectivity index (χ3v) is 8.20. The lowest BCUT2D eigenvalue weighted by Gasteiger charge is -2.17. The van der Waals surface area contributed by atoms with Crippen molar-refractivity contribution in [3.63, 3.8) is 0 Å². The predicted molar refractivity (Wildman–Crippen MR) is 169 cm³/mol. The van der Waals surface area contributed by atoms with E-state index in [0.717, 1.165) is 6.26 Å². The van der Waals surface area contributed by atoms with E-state index in [1.54, 1.807) is 51.2 Å². The van der Waals surface area contributed by atoms with Crippen LogP contribution in [0.15, 0.2) is 61.1 Å². The quantitative estimate of drug-likeness (QED) is 0.194. The predicted octanol–water partition coefficient (Wildman–Crippen LogP) is 6.08. The number of fused-ring (bicyclic) bond motifs is 2. The molecule has 6 rings (SSSR count). The van der Waals surface area contributed by atoms with Crippen LogP contribution in [0.5, 0.6) is 0 Å². The van der Waals surface area contributed by atoms with Gasteiger partial charge in [0, 0.05) is 52.2 Å². The van der Waals surface area contributed by atoms with Crippen molar-refractivity contribution >= 4 is 43.4 Å². The second-order valence-corrected chi connectivity index (χ2v) is 14.2. The number of carbonyl (C=O) groups is 1. The molecule has 0 aliphatic rings. The molecule has 45 heavy (non-hydrogen) atoms. The van der Waals surface area contributed by atoms with E-state index in [4.69, 9.17) is 4.98 Å². The van der Waals surface area contributed by atoms with Crippen molar-refractivity contribution in [2.75, 3.05) is 17.3 Å². The Kier molecular flexibility index (Phi) is 7.43. The molecular weight excluding hydrogens is 600 g/mol. The molecule has 6 aromatic rings. The molecule has 0 radical (unpaired) electrons. The first-order valence-corrected chi connectivity index (χ1v) is 16.1. The maximum atomic E-state index is 15.3. The molecule has 0 unspecified atom stereocenters. The zero-order valence-corrected chi connectivity index (χ0v) is 25.7. The van der Waals surface area contributed by atoms with Crippen LogP contribution in [0.4, 0.5) is 14.5 Å². The molecule has 0 aliphatic carbocycles. The van der Waals surface area contributed by atoms with Crippen LogP contribution in [0.2, 0.25) is 0 Å². The molecule has 0 bridgehead atoms. The van der Waals surface area contributed by atoms with E-state index in [1.807, 2.05) is 0 Å². The summed E-state index contributed by atoms with van der Waals surface area (Å²) in [5, 5.41) is 10.7. The van der Waals surface area contributed by atoms with Crippen LogP contribution in [0, 0.1) is 17.0 Å². The number of anilines is 1. The molecule has 0 atom stereocenters. The first-order valence-electron chi connectivity index (χ1n) is 14.0. The van der Waals surface area contributed by atoms with Crippen molar-refractivity contribution < 1.29 is 22.0 Å². The van der Waals surface area contributed by atoms with Crippen molar-refractivity contribution in [3.8, 4) is 33.9 Å². The number of aryl methyl sites for hydroxylation is 1. The third kappa shape index (κ3) is 6.29. The molecule has 230 valence electrons. The number of rotatable bonds is 7. The Hall–Kier alpha value is -5.04. The SMILES string of the molecule is CC(C)(C)C(=O)Nc1cncc(-c2cc3c(-c4nc5c(-c6cc(F)cc(CCS(C)(=O)=O)c6)nccc5[nH]4)n[nH]c3cc2F)c1. The van der Waals surface area contributed by atoms with Gasteiger partial charge in [0.15, 0.2) is 5.82 Å². The van der Waals surface area contributed by atoms with Crippen LogP contribution in [0.1, 0.15) is 26.3 Å². The van der Waals surface area contributed by atoms with E-state index in [-0.39, 0.29) is 23.6 Å². The molecule has 4 heterocycles. The summed E-state index contributed by atoms with van der Waals surface area (Å²) in [4.78, 5) is 29.1. The van der Waals surface area contributed by atoms with Crippen LogP contribution < -0.4 is 5.32 Å². The number of hydrogen-bond donors (Lipinski definition) is 3. The average Bonchev–Trinajstić information content (AvgIpc) is 3.58. The molecular formula is C32H29F2N7O3S. The summed E-state index contributed by atoms with van der Waals surface area (Å²) < 4.78 is 53.3. The van der Waals surface area contributed by atoms with E-state index >= 15 is 4.39 Å². The minimum atomic E-state index is -3.23. The minimum Gasteiger partial charge on any atom is -0.336 e. The zero-order valence-electron chi connectivity index (χ0n) is 24.9. The third-order valence-electron chi connectivity index (χ3n) is 7.26. The molecule has 0 spiro atoms. The van der Waals surface area contributed by atoms with Crippen LogP contribution in [0.25, 0.3) is 55.8 Å². The van der Waals surface area contributed by atoms with Crippen LogP contribution in [0.3, 0.4) is 0 Å². The maximum Gasteiger partial charge on any atom is 0.229 e. The second kappa shape index (κ2) is 11.1. The van der Waals surface area contributed by atoms with Gasteiger partial charge in [-0.25, -0.2) is 22.2 Å². The lowest BCUT2D eigenvalue weighted by atomic mass is 9.95. The van der Waals surface area contributed by atoms with Gasteiger partial charge in [-0.05, 0) is 48.4 Å². The Balaban J connectivity index is 1.39. The monoisotopic (exact) mass is 629 g/mol. The first kappa shape index (κ1) is 30.0. The minimum absolute atomic E-state index is 0.110. The standard InChI is InChI=1S/C32H29F2N7O3S/c1-32(2,3)31(42)37-21-12-19(15-35-16-21)22-13-23-26(14-24(22)34)40-41-28(23)30-38-25-5-7-36-27(29(25)39-30)18-9-17(10-20(33)11-18)6-8-45(4,43)44/h5,7,9-16H,6,8H2,1-4H3,(H,37,42)(H,38,39)(H,40,41). The fourth-order valence-electron chi connectivity index (χ4n) is 4.91. The normalized spacial score (nSPS) is 12.2. The number of H-pyrrole nitrogens is 2. The second-order valence-electron chi connectivity index (χ2n) is 12.0. The first-order chi connectivity index (χ1) is 21.2. The molecule has 0 fully saturated rings. The average molecular weight is 630 g/mol. The van der Waals surface area contributed by atoms with Crippen molar-refractivity contribution in [3.05, 3.63) is 78.3 Å². The Morgan fingerprint density at radius 3 is 2.53 bits per heavy atom. The van der Waals surface area contributed by atoms with Gasteiger partial charge in [0.25, 0.3) is 0 Å². The van der Waals surface area contributed by atoms with Crippen molar-refractivity contribution in [2.45, 2.75) is 27.2 Å². The number of carbonyl (C=O) groups excluding carboxylic acids is 1. The van der Waals surface area contributed by atoms with Gasteiger partial charge in [0.05, 0.1) is 34.4 Å². The van der Waals surface area contributed by atoms with E-state index in [2.05, 4.69) is 30.5 Å². The largest absolute Gasteiger partial charge is 0.336 e. The number of halogens is 2. The van der Waals surface area contributed by atoms with Crippen LogP contribution >= 0.6 is 0 Å². The number of aromatic amines is 2. The summed E-state index contributed by atoms with van der Waals surface area (Å²) in [6.07, 6.45) is 5.87. The van der Waals surface area contributed by atoms with Gasteiger partial charge >= 0.3 is 0 Å². The van der Waals surface area contributed by atoms with Crippen LogP contribution in [-0.4, -0.2) is 56.5 Å². The smallest absolute Gasteiger partial charge is 0.229 e. The van der Waals surface area contributed by atoms with Gasteiger partial charge in [0.2, 0.25) is 5.91 Å². The summed E-state index contributed by atoms with van der Waals surface area (Å²) in [6, 6.07) is 10.7. The van der Waals surface area contributed by atoms with Gasteiger partial charge in [-0.1, -0.05) is 20.8 Å². The van der Waals surface area contributed by atoms with Gasteiger partial charge < -0.3 is 10.3 Å².